The first kappa shape index (κ1) is 13.6. The van der Waals surface area contributed by atoms with E-state index in [0.717, 1.165) is 12.1 Å². The number of aliphatic hydroxyl groups is 1. The van der Waals surface area contributed by atoms with Gasteiger partial charge in [-0.1, -0.05) is 0 Å². The first-order chi connectivity index (χ1) is 7.83. The fourth-order valence-electron chi connectivity index (χ4n) is 1.38. The van der Waals surface area contributed by atoms with Crippen molar-refractivity contribution in [2.45, 2.75) is 19.4 Å². The van der Waals surface area contributed by atoms with Crippen LogP contribution in [-0.4, -0.2) is 30.6 Å². The molecular formula is C12H15F2NO2. The molecule has 0 aliphatic rings. The number of benzene rings is 1. The van der Waals surface area contributed by atoms with Gasteiger partial charge in [0.05, 0.1) is 12.1 Å². The predicted molar refractivity (Wildman–Crippen MR) is 61.3 cm³/mol. The van der Waals surface area contributed by atoms with Crippen LogP contribution in [0.2, 0.25) is 0 Å². The SMILES string of the molecule is CN(c1c(F)cc(C=O)cc1F)C(C)(C)CO. The summed E-state index contributed by atoms with van der Waals surface area (Å²) in [5, 5.41) is 9.17. The molecule has 0 amide bonds. The van der Waals surface area contributed by atoms with E-state index in [-0.39, 0.29) is 17.9 Å². The maximum absolute atomic E-state index is 13.7. The molecule has 0 spiro atoms. The molecule has 17 heavy (non-hydrogen) atoms. The van der Waals surface area contributed by atoms with Crippen molar-refractivity contribution >= 4 is 12.0 Å². The summed E-state index contributed by atoms with van der Waals surface area (Å²) >= 11 is 0. The fourth-order valence-corrected chi connectivity index (χ4v) is 1.38. The number of carbonyl (C=O) groups excluding carboxylic acids is 1. The third-order valence-corrected chi connectivity index (χ3v) is 2.81. The van der Waals surface area contributed by atoms with Gasteiger partial charge in [-0.2, -0.15) is 0 Å². The van der Waals surface area contributed by atoms with E-state index in [0.29, 0.717) is 6.29 Å². The molecule has 0 unspecified atom stereocenters. The average Bonchev–Trinajstić information content (AvgIpc) is 2.27. The molecule has 0 aliphatic heterocycles. The van der Waals surface area contributed by atoms with E-state index in [4.69, 9.17) is 5.11 Å². The smallest absolute Gasteiger partial charge is 0.150 e. The Hall–Kier alpha value is -1.49. The van der Waals surface area contributed by atoms with Crippen molar-refractivity contribution in [3.63, 3.8) is 0 Å². The Morgan fingerprint density at radius 2 is 1.82 bits per heavy atom. The zero-order valence-electron chi connectivity index (χ0n) is 10.00. The van der Waals surface area contributed by atoms with Gasteiger partial charge in [-0.15, -0.1) is 0 Å². The minimum absolute atomic E-state index is 0.0565. The van der Waals surface area contributed by atoms with Crippen LogP contribution < -0.4 is 4.90 Å². The number of anilines is 1. The molecular weight excluding hydrogens is 228 g/mol. The Balaban J connectivity index is 3.28. The van der Waals surface area contributed by atoms with Crippen molar-refractivity contribution in [1.29, 1.82) is 0 Å². The average molecular weight is 243 g/mol. The molecule has 0 aromatic heterocycles. The molecule has 94 valence electrons. The minimum atomic E-state index is -0.823. The molecule has 0 bridgehead atoms. The van der Waals surface area contributed by atoms with Gasteiger partial charge in [0.25, 0.3) is 0 Å². The van der Waals surface area contributed by atoms with E-state index in [2.05, 4.69) is 0 Å². The van der Waals surface area contributed by atoms with Gasteiger partial charge >= 0.3 is 0 Å². The van der Waals surface area contributed by atoms with Crippen LogP contribution >= 0.6 is 0 Å². The number of rotatable bonds is 4. The Morgan fingerprint density at radius 3 is 2.18 bits per heavy atom. The van der Waals surface area contributed by atoms with Gasteiger partial charge in [0.1, 0.15) is 23.6 Å². The third kappa shape index (κ3) is 2.61. The Kier molecular flexibility index (Phi) is 3.83. The lowest BCUT2D eigenvalue weighted by atomic mass is 10.0. The second-order valence-electron chi connectivity index (χ2n) is 4.48. The molecule has 0 aliphatic carbocycles. The fraction of sp³-hybridized carbons (Fsp3) is 0.417. The quantitative estimate of drug-likeness (QED) is 0.822. The largest absolute Gasteiger partial charge is 0.394 e. The van der Waals surface area contributed by atoms with Crippen molar-refractivity contribution in [1.82, 2.24) is 0 Å². The highest BCUT2D eigenvalue weighted by molar-refractivity contribution is 5.76. The highest BCUT2D eigenvalue weighted by Gasteiger charge is 2.27. The van der Waals surface area contributed by atoms with E-state index in [1.807, 2.05) is 0 Å². The maximum atomic E-state index is 13.7. The second-order valence-corrected chi connectivity index (χ2v) is 4.48. The van der Waals surface area contributed by atoms with Gasteiger partial charge in [0, 0.05) is 12.6 Å². The van der Waals surface area contributed by atoms with E-state index >= 15 is 0 Å². The van der Waals surface area contributed by atoms with Crippen LogP contribution in [0.5, 0.6) is 0 Å². The topological polar surface area (TPSA) is 40.5 Å². The Morgan fingerprint density at radius 1 is 1.35 bits per heavy atom. The van der Waals surface area contributed by atoms with Crippen molar-refractivity contribution in [2.24, 2.45) is 0 Å². The van der Waals surface area contributed by atoms with Gasteiger partial charge < -0.3 is 10.0 Å². The summed E-state index contributed by atoms with van der Waals surface area (Å²) in [7, 11) is 1.48. The molecule has 1 N–H and O–H groups in total. The lowest BCUT2D eigenvalue weighted by molar-refractivity contribution is 0.112. The predicted octanol–water partition coefficient (Wildman–Crippen LogP) is 1.98. The first-order valence-corrected chi connectivity index (χ1v) is 5.12. The van der Waals surface area contributed by atoms with Gasteiger partial charge in [0.2, 0.25) is 0 Å². The maximum Gasteiger partial charge on any atom is 0.150 e. The molecule has 3 nitrogen and oxygen atoms in total. The molecule has 1 aromatic carbocycles. The lowest BCUT2D eigenvalue weighted by Gasteiger charge is -2.36. The number of carbonyl (C=O) groups is 1. The zero-order valence-corrected chi connectivity index (χ0v) is 10.00. The van der Waals surface area contributed by atoms with Crippen LogP contribution in [0.25, 0.3) is 0 Å². The van der Waals surface area contributed by atoms with E-state index in [1.165, 1.54) is 11.9 Å². The summed E-state index contributed by atoms with van der Waals surface area (Å²) in [6.45, 7) is 3.05. The summed E-state index contributed by atoms with van der Waals surface area (Å²) in [4.78, 5) is 11.8. The van der Waals surface area contributed by atoms with Gasteiger partial charge in [-0.05, 0) is 26.0 Å². The first-order valence-electron chi connectivity index (χ1n) is 5.12. The highest BCUT2D eigenvalue weighted by Crippen LogP contribution is 2.28. The van der Waals surface area contributed by atoms with Gasteiger partial charge in [-0.3, -0.25) is 4.79 Å². The third-order valence-electron chi connectivity index (χ3n) is 2.81. The molecule has 1 rings (SSSR count). The van der Waals surface area contributed by atoms with Crippen molar-refractivity contribution in [3.8, 4) is 0 Å². The molecule has 0 radical (unpaired) electrons. The molecule has 1 aromatic rings. The number of aliphatic hydroxyl groups excluding tert-OH is 1. The molecule has 0 saturated carbocycles. The van der Waals surface area contributed by atoms with Crippen molar-refractivity contribution in [2.75, 3.05) is 18.6 Å². The zero-order chi connectivity index (χ0) is 13.2. The molecule has 0 heterocycles. The molecule has 0 atom stereocenters. The Labute approximate surface area is 98.7 Å². The van der Waals surface area contributed by atoms with Crippen LogP contribution in [-0.2, 0) is 0 Å². The minimum Gasteiger partial charge on any atom is -0.394 e. The van der Waals surface area contributed by atoms with Crippen molar-refractivity contribution < 1.29 is 18.7 Å². The van der Waals surface area contributed by atoms with Crippen LogP contribution in [0.4, 0.5) is 14.5 Å². The normalized spacial score (nSPS) is 11.4. The highest BCUT2D eigenvalue weighted by atomic mass is 19.1. The number of halogens is 2. The number of aldehydes is 1. The second kappa shape index (κ2) is 4.79. The molecule has 0 saturated heterocycles. The monoisotopic (exact) mass is 243 g/mol. The summed E-state index contributed by atoms with van der Waals surface area (Å²) in [6, 6.07) is 1.94. The van der Waals surface area contributed by atoms with E-state index < -0.39 is 17.2 Å². The molecule has 0 fully saturated rings. The molecule has 5 heteroatoms. The number of likely N-dealkylation sites (N-methyl/N-ethyl adjacent to an activating group) is 1. The summed E-state index contributed by atoms with van der Waals surface area (Å²) in [5.41, 5.74) is -1.11. The van der Waals surface area contributed by atoms with Gasteiger partial charge in [-0.25, -0.2) is 8.78 Å². The van der Waals surface area contributed by atoms with Crippen molar-refractivity contribution in [3.05, 3.63) is 29.3 Å². The standard InChI is InChI=1S/C12H15F2NO2/c1-12(2,7-17)15(3)11-9(13)4-8(6-16)5-10(11)14/h4-6,17H,7H2,1-3H3. The van der Waals surface area contributed by atoms with Crippen LogP contribution in [0.15, 0.2) is 12.1 Å². The van der Waals surface area contributed by atoms with Gasteiger partial charge in [0.15, 0.2) is 0 Å². The Bertz CT molecular complexity index is 410. The van der Waals surface area contributed by atoms with E-state index in [1.54, 1.807) is 13.8 Å². The summed E-state index contributed by atoms with van der Waals surface area (Å²) in [5.74, 6) is -1.65. The van der Waals surface area contributed by atoms with E-state index in [9.17, 15) is 13.6 Å². The van der Waals surface area contributed by atoms with Crippen LogP contribution in [0.1, 0.15) is 24.2 Å². The number of hydrogen-bond acceptors (Lipinski definition) is 3. The van der Waals surface area contributed by atoms with Crippen LogP contribution in [0, 0.1) is 11.6 Å². The van der Waals surface area contributed by atoms with Crippen LogP contribution in [0.3, 0.4) is 0 Å². The number of hydrogen-bond donors (Lipinski definition) is 1. The summed E-state index contributed by atoms with van der Waals surface area (Å²) in [6.07, 6.45) is 0.382. The number of nitrogens with zero attached hydrogens (tertiary/aromatic N) is 1. The summed E-state index contributed by atoms with van der Waals surface area (Å²) < 4.78 is 27.4. The lowest BCUT2D eigenvalue weighted by Crippen LogP contribution is -2.45.